The number of anilines is 1. The summed E-state index contributed by atoms with van der Waals surface area (Å²) in [6.45, 7) is 3.06. The number of halogens is 2. The molecule has 0 aliphatic rings. The van der Waals surface area contributed by atoms with E-state index in [0.717, 1.165) is 11.0 Å². The second-order valence-electron chi connectivity index (χ2n) is 4.34. The fourth-order valence-corrected chi connectivity index (χ4v) is 3.65. The SMILES string of the molecule is Cc1cc(CCl)ccc1N(C)Cc1cc(Br)cs1. The van der Waals surface area contributed by atoms with Crippen LogP contribution in [-0.4, -0.2) is 7.05 Å². The van der Waals surface area contributed by atoms with Crippen molar-refractivity contribution in [1.82, 2.24) is 0 Å². The van der Waals surface area contributed by atoms with Crippen LogP contribution in [0.3, 0.4) is 0 Å². The molecule has 96 valence electrons. The zero-order valence-corrected chi connectivity index (χ0v) is 13.6. The lowest BCUT2D eigenvalue weighted by molar-refractivity contribution is 0.932. The van der Waals surface area contributed by atoms with Crippen molar-refractivity contribution in [3.63, 3.8) is 0 Å². The van der Waals surface area contributed by atoms with E-state index in [2.05, 4.69) is 64.4 Å². The Morgan fingerprint density at radius 3 is 2.67 bits per heavy atom. The molecule has 2 rings (SSSR count). The minimum Gasteiger partial charge on any atom is -0.369 e. The van der Waals surface area contributed by atoms with Crippen molar-refractivity contribution in [2.45, 2.75) is 19.3 Å². The molecule has 0 saturated heterocycles. The first kappa shape index (κ1) is 13.9. The topological polar surface area (TPSA) is 3.24 Å². The van der Waals surface area contributed by atoms with Crippen LogP contribution in [0.2, 0.25) is 0 Å². The zero-order valence-electron chi connectivity index (χ0n) is 10.4. The van der Waals surface area contributed by atoms with Gasteiger partial charge in [-0.15, -0.1) is 22.9 Å². The largest absolute Gasteiger partial charge is 0.369 e. The lowest BCUT2D eigenvalue weighted by atomic mass is 10.1. The summed E-state index contributed by atoms with van der Waals surface area (Å²) in [5, 5.41) is 2.12. The minimum atomic E-state index is 0.572. The number of thiophene rings is 1. The highest BCUT2D eigenvalue weighted by Gasteiger charge is 2.07. The molecule has 0 unspecified atom stereocenters. The van der Waals surface area contributed by atoms with Crippen molar-refractivity contribution < 1.29 is 0 Å². The Bertz CT molecular complexity index is 538. The molecule has 0 aliphatic carbocycles. The number of aryl methyl sites for hydroxylation is 1. The maximum atomic E-state index is 5.85. The van der Waals surface area contributed by atoms with Gasteiger partial charge in [-0.3, -0.25) is 0 Å². The smallest absolute Gasteiger partial charge is 0.0520 e. The van der Waals surface area contributed by atoms with Crippen LogP contribution < -0.4 is 4.90 Å². The van der Waals surface area contributed by atoms with Gasteiger partial charge in [0.15, 0.2) is 0 Å². The van der Waals surface area contributed by atoms with Crippen molar-refractivity contribution >= 4 is 44.6 Å². The van der Waals surface area contributed by atoms with Crippen molar-refractivity contribution in [2.75, 3.05) is 11.9 Å². The molecule has 0 bridgehead atoms. The van der Waals surface area contributed by atoms with Crippen molar-refractivity contribution in [3.8, 4) is 0 Å². The Morgan fingerprint density at radius 1 is 1.33 bits per heavy atom. The Kier molecular flexibility index (Phi) is 4.71. The molecule has 1 aromatic heterocycles. The van der Waals surface area contributed by atoms with Crippen molar-refractivity contribution in [2.24, 2.45) is 0 Å². The fraction of sp³-hybridized carbons (Fsp3) is 0.286. The summed E-state index contributed by atoms with van der Waals surface area (Å²) in [6.07, 6.45) is 0. The molecular weight excluding hydrogens is 330 g/mol. The quantitative estimate of drug-likeness (QED) is 0.690. The molecule has 1 nitrogen and oxygen atoms in total. The number of benzene rings is 1. The van der Waals surface area contributed by atoms with E-state index in [1.54, 1.807) is 11.3 Å². The highest BCUT2D eigenvalue weighted by Crippen LogP contribution is 2.26. The maximum absolute atomic E-state index is 5.85. The van der Waals surface area contributed by atoms with Gasteiger partial charge in [0.25, 0.3) is 0 Å². The zero-order chi connectivity index (χ0) is 13.1. The molecule has 18 heavy (non-hydrogen) atoms. The molecule has 0 amide bonds. The average molecular weight is 345 g/mol. The lowest BCUT2D eigenvalue weighted by Gasteiger charge is -2.21. The standard InChI is InChI=1S/C14H15BrClNS/c1-10-5-11(7-16)3-4-14(10)17(2)8-13-6-12(15)9-18-13/h3-6,9H,7-8H2,1-2H3. The van der Waals surface area contributed by atoms with Gasteiger partial charge in [0, 0.05) is 33.3 Å². The maximum Gasteiger partial charge on any atom is 0.0520 e. The van der Waals surface area contributed by atoms with E-state index in [-0.39, 0.29) is 0 Å². The minimum absolute atomic E-state index is 0.572. The molecule has 4 heteroatoms. The fourth-order valence-electron chi connectivity index (χ4n) is 1.98. The van der Waals surface area contributed by atoms with E-state index in [9.17, 15) is 0 Å². The van der Waals surface area contributed by atoms with E-state index in [1.807, 2.05) is 0 Å². The van der Waals surface area contributed by atoms with Crippen LogP contribution in [0, 0.1) is 6.92 Å². The van der Waals surface area contributed by atoms with Gasteiger partial charge in [0.1, 0.15) is 0 Å². The molecule has 0 aliphatic heterocycles. The van der Waals surface area contributed by atoms with Gasteiger partial charge in [-0.2, -0.15) is 0 Å². The second kappa shape index (κ2) is 6.09. The first-order valence-corrected chi connectivity index (χ1v) is 7.90. The summed E-state index contributed by atoms with van der Waals surface area (Å²) < 4.78 is 1.16. The van der Waals surface area contributed by atoms with Gasteiger partial charge in [0.05, 0.1) is 6.54 Å². The van der Waals surface area contributed by atoms with Crippen molar-refractivity contribution in [3.05, 3.63) is 50.1 Å². The summed E-state index contributed by atoms with van der Waals surface area (Å²) in [4.78, 5) is 3.62. The monoisotopic (exact) mass is 343 g/mol. The average Bonchev–Trinajstić information content (AvgIpc) is 2.74. The van der Waals surface area contributed by atoms with E-state index < -0.39 is 0 Å². The summed E-state index contributed by atoms with van der Waals surface area (Å²) in [5.41, 5.74) is 3.70. The van der Waals surface area contributed by atoms with Gasteiger partial charge in [-0.1, -0.05) is 12.1 Å². The van der Waals surface area contributed by atoms with Crippen LogP contribution in [0.4, 0.5) is 5.69 Å². The van der Waals surface area contributed by atoms with Gasteiger partial charge in [0.2, 0.25) is 0 Å². The second-order valence-corrected chi connectivity index (χ2v) is 6.52. The predicted molar refractivity (Wildman–Crippen MR) is 84.9 cm³/mol. The lowest BCUT2D eigenvalue weighted by Crippen LogP contribution is -2.16. The number of alkyl halides is 1. The third-order valence-electron chi connectivity index (χ3n) is 2.84. The highest BCUT2D eigenvalue weighted by molar-refractivity contribution is 9.10. The van der Waals surface area contributed by atoms with E-state index in [4.69, 9.17) is 11.6 Å². The number of hydrogen-bond acceptors (Lipinski definition) is 2. The predicted octanol–water partition coefficient (Wildman–Crippen LogP) is 5.19. The van der Waals surface area contributed by atoms with Crippen LogP contribution in [0.25, 0.3) is 0 Å². The van der Waals surface area contributed by atoms with Gasteiger partial charge >= 0.3 is 0 Å². The summed E-state index contributed by atoms with van der Waals surface area (Å²) in [7, 11) is 2.12. The van der Waals surface area contributed by atoms with E-state index in [1.165, 1.54) is 21.7 Å². The first-order valence-electron chi connectivity index (χ1n) is 5.69. The Labute approximate surface area is 126 Å². The van der Waals surface area contributed by atoms with E-state index >= 15 is 0 Å². The van der Waals surface area contributed by atoms with E-state index in [0.29, 0.717) is 5.88 Å². The number of nitrogens with zero attached hydrogens (tertiary/aromatic N) is 1. The first-order chi connectivity index (χ1) is 8.60. The molecule has 0 atom stereocenters. The van der Waals surface area contributed by atoms with Crippen LogP contribution in [0.15, 0.2) is 34.1 Å². The Morgan fingerprint density at radius 2 is 2.11 bits per heavy atom. The number of rotatable bonds is 4. The molecule has 0 radical (unpaired) electrons. The van der Waals surface area contributed by atoms with Gasteiger partial charge in [-0.25, -0.2) is 0 Å². The summed E-state index contributed by atoms with van der Waals surface area (Å²) >= 11 is 11.1. The van der Waals surface area contributed by atoms with Crippen LogP contribution in [0.5, 0.6) is 0 Å². The summed E-state index contributed by atoms with van der Waals surface area (Å²) in [5.74, 6) is 0.572. The molecule has 2 aromatic rings. The Hall–Kier alpha value is -0.510. The van der Waals surface area contributed by atoms with Crippen LogP contribution in [-0.2, 0) is 12.4 Å². The summed E-state index contributed by atoms with van der Waals surface area (Å²) in [6, 6.07) is 8.57. The molecule has 0 saturated carbocycles. The molecule has 0 spiro atoms. The van der Waals surface area contributed by atoms with Gasteiger partial charge in [-0.05, 0) is 46.1 Å². The molecule has 1 aromatic carbocycles. The van der Waals surface area contributed by atoms with Crippen molar-refractivity contribution in [1.29, 1.82) is 0 Å². The molecule has 1 heterocycles. The molecule has 0 N–H and O–H groups in total. The molecule has 0 fully saturated rings. The van der Waals surface area contributed by atoms with Crippen LogP contribution >= 0.6 is 38.9 Å². The number of hydrogen-bond donors (Lipinski definition) is 0. The Balaban J connectivity index is 2.15. The van der Waals surface area contributed by atoms with Gasteiger partial charge < -0.3 is 4.90 Å². The van der Waals surface area contributed by atoms with Crippen LogP contribution in [0.1, 0.15) is 16.0 Å². The molecular formula is C14H15BrClNS. The highest BCUT2D eigenvalue weighted by atomic mass is 79.9. The normalized spacial score (nSPS) is 10.7. The third kappa shape index (κ3) is 3.28. The third-order valence-corrected chi connectivity index (χ3v) is 4.83.